The van der Waals surface area contributed by atoms with E-state index in [1.807, 2.05) is 48.8 Å². The van der Waals surface area contributed by atoms with Gasteiger partial charge in [-0.1, -0.05) is 24.3 Å². The summed E-state index contributed by atoms with van der Waals surface area (Å²) < 4.78 is 0. The van der Waals surface area contributed by atoms with Gasteiger partial charge in [0, 0.05) is 12.4 Å². The van der Waals surface area contributed by atoms with Crippen molar-refractivity contribution < 1.29 is 48.1 Å². The van der Waals surface area contributed by atoms with Crippen LogP contribution in [0.1, 0.15) is 0 Å². The Morgan fingerprint density at radius 3 is 1.24 bits per heavy atom. The van der Waals surface area contributed by atoms with Crippen LogP contribution in [-0.2, 0) is 23.3 Å². The summed E-state index contributed by atoms with van der Waals surface area (Å²) >= 11 is 1.64. The number of benzene rings is 4. The smallest absolute Gasteiger partial charge is 0.0607 e. The predicted molar refractivity (Wildman–Crippen MR) is 183 cm³/mol. The first-order chi connectivity index (χ1) is 21.8. The van der Waals surface area contributed by atoms with Gasteiger partial charge in [-0.05, 0) is 35.4 Å². The second-order valence-corrected chi connectivity index (χ2v) is 15.8. The number of halogens is 2. The molecule has 0 saturated carbocycles. The number of aromatic nitrogens is 2. The normalized spacial score (nSPS) is 9.96. The number of pyridine rings is 2. The number of hydrogen-bond donors (Lipinski definition) is 0. The average Bonchev–Trinajstić information content (AvgIpc) is 3.80. The SMILES string of the molecule is [Cl-].[Cl-].[Zr+2]=[Si](c1ccccc1)c1ccccc1.c1ccc(-c2cccc3[cH-]ccc23)nc1.c1ccc(-c2cccc3[cH-]ccc23)nc1. The van der Waals surface area contributed by atoms with E-state index in [0.717, 1.165) is 11.4 Å². The number of nitrogens with zero attached hydrogens (tertiary/aromatic N) is 2. The molecule has 2 aromatic heterocycles. The fraction of sp³-hybridized carbons (Fsp3) is 0. The van der Waals surface area contributed by atoms with Crippen molar-refractivity contribution in [1.29, 1.82) is 0 Å². The van der Waals surface area contributed by atoms with Crippen molar-refractivity contribution in [3.05, 3.63) is 182 Å². The van der Waals surface area contributed by atoms with Crippen molar-refractivity contribution in [2.75, 3.05) is 0 Å². The van der Waals surface area contributed by atoms with E-state index in [9.17, 15) is 0 Å². The maximum Gasteiger partial charge on any atom is 0.0607 e. The Morgan fingerprint density at radius 2 is 0.848 bits per heavy atom. The van der Waals surface area contributed by atoms with Gasteiger partial charge in [-0.2, -0.15) is 24.3 Å². The molecule has 0 fully saturated rings. The van der Waals surface area contributed by atoms with Gasteiger partial charge in [-0.25, -0.2) is 0 Å². The molecule has 224 valence electrons. The van der Waals surface area contributed by atoms with Crippen LogP contribution in [0.4, 0.5) is 0 Å². The molecule has 0 radical (unpaired) electrons. The van der Waals surface area contributed by atoms with Crippen molar-refractivity contribution in [3.8, 4) is 22.5 Å². The molecule has 2 heterocycles. The molecule has 0 saturated heterocycles. The maximum atomic E-state index is 4.38. The standard InChI is InChI=1S/2C14H10N.C12H10Si.2ClH.Zr/c2*1-2-10-15-14(9-1)13-8-4-6-11-5-3-7-12(11)13;1-3-7-11(8-4-1)13-12-9-5-2-6-10-12;;;/h2*1-10H;1-10H;2*1H;/q2*-1;;;;+2/p-2. The van der Waals surface area contributed by atoms with E-state index >= 15 is 0 Å². The third kappa shape index (κ3) is 8.66. The molecule has 0 amide bonds. The monoisotopic (exact) mass is 726 g/mol. The number of rotatable bonds is 4. The molecule has 0 N–H and O–H groups in total. The molecule has 6 heteroatoms. The predicted octanol–water partition coefficient (Wildman–Crippen LogP) is 2.59. The molecule has 0 spiro atoms. The second-order valence-electron chi connectivity index (χ2n) is 10.2. The van der Waals surface area contributed by atoms with E-state index in [-0.39, 0.29) is 24.8 Å². The van der Waals surface area contributed by atoms with E-state index < -0.39 is 5.43 Å². The van der Waals surface area contributed by atoms with Gasteiger partial charge in [0.05, 0.1) is 11.4 Å². The summed E-state index contributed by atoms with van der Waals surface area (Å²) in [5.74, 6) is 0. The molecule has 0 aliphatic carbocycles. The molecule has 0 atom stereocenters. The third-order valence-corrected chi connectivity index (χ3v) is 13.4. The average molecular weight is 729 g/mol. The summed E-state index contributed by atoms with van der Waals surface area (Å²) in [7, 11) is 0. The summed E-state index contributed by atoms with van der Waals surface area (Å²) in [6.45, 7) is 0. The van der Waals surface area contributed by atoms with E-state index in [4.69, 9.17) is 0 Å². The summed E-state index contributed by atoms with van der Waals surface area (Å²) in [6, 6.07) is 59.0. The van der Waals surface area contributed by atoms with Crippen molar-refractivity contribution in [2.24, 2.45) is 0 Å². The van der Waals surface area contributed by atoms with Crippen LogP contribution in [0.5, 0.6) is 0 Å². The Balaban J connectivity index is 0.000000153. The first kappa shape index (κ1) is 34.9. The van der Waals surface area contributed by atoms with Crippen molar-refractivity contribution in [1.82, 2.24) is 9.97 Å². The third-order valence-electron chi connectivity index (χ3n) is 7.36. The Hall–Kier alpha value is -3.92. The zero-order valence-electron chi connectivity index (χ0n) is 25.0. The van der Waals surface area contributed by atoms with Gasteiger partial charge in [0.15, 0.2) is 0 Å². The first-order valence-corrected chi connectivity index (χ1v) is 19.8. The topological polar surface area (TPSA) is 25.8 Å². The van der Waals surface area contributed by atoms with Gasteiger partial charge in [0.25, 0.3) is 0 Å². The van der Waals surface area contributed by atoms with Crippen LogP contribution in [0.3, 0.4) is 0 Å². The quantitative estimate of drug-likeness (QED) is 0.206. The number of hydrogen-bond acceptors (Lipinski definition) is 2. The molecule has 6 aromatic carbocycles. The fourth-order valence-electron chi connectivity index (χ4n) is 5.19. The molecule has 0 aliphatic heterocycles. The second kappa shape index (κ2) is 17.7. The van der Waals surface area contributed by atoms with Crippen molar-refractivity contribution in [3.63, 3.8) is 0 Å². The minimum Gasteiger partial charge on any atom is -0.257 e. The van der Waals surface area contributed by atoms with E-state index in [1.165, 1.54) is 43.0 Å². The van der Waals surface area contributed by atoms with Crippen LogP contribution in [0.25, 0.3) is 44.1 Å². The summed E-state index contributed by atoms with van der Waals surface area (Å²) in [5, 5.41) is 8.13. The Bertz CT molecular complexity index is 1930. The first-order valence-electron chi connectivity index (χ1n) is 14.6. The van der Waals surface area contributed by atoms with Crippen molar-refractivity contribution in [2.45, 2.75) is 0 Å². The van der Waals surface area contributed by atoms with Crippen LogP contribution in [0.15, 0.2) is 182 Å². The van der Waals surface area contributed by atoms with Crippen LogP contribution >= 0.6 is 0 Å². The summed E-state index contributed by atoms with van der Waals surface area (Å²) in [5.41, 5.74) is 4.03. The molecule has 8 aromatic rings. The summed E-state index contributed by atoms with van der Waals surface area (Å²) in [6.07, 6.45) is 3.66. The van der Waals surface area contributed by atoms with Gasteiger partial charge in [-0.3, -0.25) is 9.97 Å². The summed E-state index contributed by atoms with van der Waals surface area (Å²) in [4.78, 5) is 8.76. The minimum absolute atomic E-state index is 0. The van der Waals surface area contributed by atoms with Gasteiger partial charge in [0.2, 0.25) is 0 Å². The molecule has 0 bridgehead atoms. The molecular weight excluding hydrogens is 699 g/mol. The van der Waals surface area contributed by atoms with Crippen LogP contribution in [0, 0.1) is 0 Å². The van der Waals surface area contributed by atoms with E-state index in [1.54, 1.807) is 23.3 Å². The molecule has 8 rings (SSSR count). The van der Waals surface area contributed by atoms with Gasteiger partial charge >= 0.3 is 99.8 Å². The van der Waals surface area contributed by atoms with Crippen LogP contribution in [-0.4, -0.2) is 15.4 Å². The maximum absolute atomic E-state index is 4.38. The molecule has 0 aliphatic rings. The van der Waals surface area contributed by atoms with Crippen molar-refractivity contribution >= 4 is 37.4 Å². The zero-order chi connectivity index (χ0) is 30.0. The molecule has 2 nitrogen and oxygen atoms in total. The van der Waals surface area contributed by atoms with Gasteiger partial charge in [0.1, 0.15) is 0 Å². The van der Waals surface area contributed by atoms with Gasteiger partial charge in [-0.15, -0.1) is 57.9 Å². The van der Waals surface area contributed by atoms with Crippen LogP contribution in [0.2, 0.25) is 0 Å². The number of fused-ring (bicyclic) bond motifs is 2. The minimum atomic E-state index is -0.455. The Morgan fingerprint density at radius 1 is 0.435 bits per heavy atom. The van der Waals surface area contributed by atoms with Crippen LogP contribution < -0.4 is 35.2 Å². The Kier molecular flexibility index (Phi) is 13.4. The largest absolute Gasteiger partial charge is 0.257 e. The Labute approximate surface area is 298 Å². The fourth-order valence-corrected chi connectivity index (χ4v) is 9.03. The van der Waals surface area contributed by atoms with E-state index in [2.05, 4.69) is 143 Å². The molecule has 46 heavy (non-hydrogen) atoms. The molecular formula is C40H30Cl2N2SiZr-2. The molecule has 0 unspecified atom stereocenters. The van der Waals surface area contributed by atoms with E-state index in [0.29, 0.717) is 0 Å². The zero-order valence-corrected chi connectivity index (χ0v) is 29.9. The van der Waals surface area contributed by atoms with Gasteiger partial charge < -0.3 is 24.8 Å².